The number of amides is 3. The number of carbonyl (C=O) groups excluding carboxylic acids is 2. The van der Waals surface area contributed by atoms with E-state index >= 15 is 0 Å². The van der Waals surface area contributed by atoms with Crippen LogP contribution in [0, 0.1) is 5.82 Å². The zero-order valence-electron chi connectivity index (χ0n) is 17.2. The standard InChI is InChI=1S/C22H24FN5O2S/c1-2-3-13-24-21(30)25-19(29)15-31-22-27-26-20(17-11-7-8-12-18(17)23)28(22)14-16-9-5-4-6-10-16/h4-12H,2-3,13-15H2,1H3,(H2,24,25,29,30). The molecule has 0 unspecified atom stereocenters. The number of halogens is 1. The Bertz CT molecular complexity index is 1030. The van der Waals surface area contributed by atoms with Gasteiger partial charge in [-0.1, -0.05) is 67.6 Å². The highest BCUT2D eigenvalue weighted by atomic mass is 32.2. The first-order chi connectivity index (χ1) is 15.1. The largest absolute Gasteiger partial charge is 0.338 e. The number of aromatic nitrogens is 3. The molecule has 1 aromatic heterocycles. The van der Waals surface area contributed by atoms with E-state index in [1.807, 2.05) is 37.3 Å². The quantitative estimate of drug-likeness (QED) is 0.389. The smallest absolute Gasteiger partial charge is 0.321 e. The molecule has 0 radical (unpaired) electrons. The maximum Gasteiger partial charge on any atom is 0.321 e. The Balaban J connectivity index is 1.75. The van der Waals surface area contributed by atoms with E-state index in [1.54, 1.807) is 22.8 Å². The van der Waals surface area contributed by atoms with E-state index in [4.69, 9.17) is 0 Å². The monoisotopic (exact) mass is 441 g/mol. The van der Waals surface area contributed by atoms with Gasteiger partial charge in [0.15, 0.2) is 11.0 Å². The van der Waals surface area contributed by atoms with Crippen LogP contribution in [0.3, 0.4) is 0 Å². The van der Waals surface area contributed by atoms with Crippen molar-refractivity contribution in [2.75, 3.05) is 12.3 Å². The van der Waals surface area contributed by atoms with Crippen molar-refractivity contribution < 1.29 is 14.0 Å². The number of nitrogens with one attached hydrogen (secondary N) is 2. The van der Waals surface area contributed by atoms with Crippen molar-refractivity contribution in [1.82, 2.24) is 25.4 Å². The molecular formula is C22H24FN5O2S. The molecule has 9 heteroatoms. The molecule has 3 rings (SSSR count). The summed E-state index contributed by atoms with van der Waals surface area (Å²) in [6, 6.07) is 15.5. The lowest BCUT2D eigenvalue weighted by Crippen LogP contribution is -2.40. The molecule has 0 aliphatic rings. The first-order valence-electron chi connectivity index (χ1n) is 10.0. The molecule has 3 aromatic rings. The van der Waals surface area contributed by atoms with Gasteiger partial charge in [0.25, 0.3) is 0 Å². The maximum absolute atomic E-state index is 14.4. The SMILES string of the molecule is CCCCNC(=O)NC(=O)CSc1nnc(-c2ccccc2F)n1Cc1ccccc1. The van der Waals surface area contributed by atoms with Crippen molar-refractivity contribution in [3.63, 3.8) is 0 Å². The average Bonchev–Trinajstić information content (AvgIpc) is 3.15. The molecular weight excluding hydrogens is 417 g/mol. The van der Waals surface area contributed by atoms with E-state index in [2.05, 4.69) is 20.8 Å². The lowest BCUT2D eigenvalue weighted by molar-refractivity contribution is -0.117. The number of imide groups is 1. The number of benzene rings is 2. The maximum atomic E-state index is 14.4. The summed E-state index contributed by atoms with van der Waals surface area (Å²) in [5, 5.41) is 13.7. The fourth-order valence-electron chi connectivity index (χ4n) is 2.86. The van der Waals surface area contributed by atoms with Gasteiger partial charge in [-0.25, -0.2) is 9.18 Å². The Hall–Kier alpha value is -3.20. The molecule has 0 bridgehead atoms. The number of carbonyl (C=O) groups is 2. The molecule has 0 spiro atoms. The van der Waals surface area contributed by atoms with Crippen LogP contribution in [0.2, 0.25) is 0 Å². The topological polar surface area (TPSA) is 88.9 Å². The lowest BCUT2D eigenvalue weighted by atomic mass is 10.2. The van der Waals surface area contributed by atoms with Gasteiger partial charge in [-0.2, -0.15) is 0 Å². The summed E-state index contributed by atoms with van der Waals surface area (Å²) in [6.07, 6.45) is 1.79. The van der Waals surface area contributed by atoms with Crippen LogP contribution in [0.1, 0.15) is 25.3 Å². The van der Waals surface area contributed by atoms with Crippen LogP contribution >= 0.6 is 11.8 Å². The van der Waals surface area contributed by atoms with Gasteiger partial charge in [0.05, 0.1) is 17.9 Å². The zero-order valence-corrected chi connectivity index (χ0v) is 18.0. The summed E-state index contributed by atoms with van der Waals surface area (Å²) in [5.74, 6) is -0.490. The van der Waals surface area contributed by atoms with Gasteiger partial charge in [-0.05, 0) is 24.1 Å². The molecule has 0 saturated carbocycles. The highest BCUT2D eigenvalue weighted by Gasteiger charge is 2.19. The Morgan fingerprint density at radius 2 is 1.81 bits per heavy atom. The average molecular weight is 442 g/mol. The van der Waals surface area contributed by atoms with Gasteiger partial charge in [0.2, 0.25) is 5.91 Å². The van der Waals surface area contributed by atoms with Crippen molar-refractivity contribution >= 4 is 23.7 Å². The summed E-state index contributed by atoms with van der Waals surface area (Å²) in [6.45, 7) is 2.95. The second kappa shape index (κ2) is 11.3. The first kappa shape index (κ1) is 22.5. The van der Waals surface area contributed by atoms with Crippen LogP contribution < -0.4 is 10.6 Å². The third kappa shape index (κ3) is 6.39. The van der Waals surface area contributed by atoms with E-state index in [1.165, 1.54) is 6.07 Å². The third-order valence-electron chi connectivity index (χ3n) is 4.42. The molecule has 3 amide bonds. The van der Waals surface area contributed by atoms with E-state index in [-0.39, 0.29) is 5.75 Å². The summed E-state index contributed by atoms with van der Waals surface area (Å²) in [5.41, 5.74) is 1.32. The highest BCUT2D eigenvalue weighted by molar-refractivity contribution is 7.99. The predicted octanol–water partition coefficient (Wildman–Crippen LogP) is 3.85. The Kier molecular flexibility index (Phi) is 8.17. The van der Waals surface area contributed by atoms with Crippen molar-refractivity contribution in [1.29, 1.82) is 0 Å². The molecule has 2 N–H and O–H groups in total. The van der Waals surface area contributed by atoms with Gasteiger partial charge in [-0.15, -0.1) is 10.2 Å². The number of thioether (sulfide) groups is 1. The van der Waals surface area contributed by atoms with Crippen molar-refractivity contribution in [2.45, 2.75) is 31.5 Å². The second-order valence-electron chi connectivity index (χ2n) is 6.80. The number of urea groups is 1. The van der Waals surface area contributed by atoms with Gasteiger partial charge in [0, 0.05) is 6.54 Å². The van der Waals surface area contributed by atoms with Crippen molar-refractivity contribution in [2.24, 2.45) is 0 Å². The fourth-order valence-corrected chi connectivity index (χ4v) is 3.60. The zero-order chi connectivity index (χ0) is 22.1. The number of unbranched alkanes of at least 4 members (excludes halogenated alkanes) is 1. The summed E-state index contributed by atoms with van der Waals surface area (Å²) < 4.78 is 16.2. The number of hydrogen-bond acceptors (Lipinski definition) is 5. The highest BCUT2D eigenvalue weighted by Crippen LogP contribution is 2.26. The molecule has 0 aliphatic carbocycles. The predicted molar refractivity (Wildman–Crippen MR) is 118 cm³/mol. The second-order valence-corrected chi connectivity index (χ2v) is 7.75. The Morgan fingerprint density at radius 3 is 2.55 bits per heavy atom. The summed E-state index contributed by atoms with van der Waals surface area (Å²) >= 11 is 1.14. The van der Waals surface area contributed by atoms with Crippen LogP contribution in [-0.2, 0) is 11.3 Å². The minimum atomic E-state index is -0.517. The molecule has 0 atom stereocenters. The minimum Gasteiger partial charge on any atom is -0.338 e. The summed E-state index contributed by atoms with van der Waals surface area (Å²) in [7, 11) is 0. The minimum absolute atomic E-state index is 0.0224. The van der Waals surface area contributed by atoms with Gasteiger partial charge < -0.3 is 5.32 Å². The molecule has 0 saturated heterocycles. The normalized spacial score (nSPS) is 10.6. The van der Waals surface area contributed by atoms with Crippen LogP contribution in [-0.4, -0.2) is 39.0 Å². The molecule has 31 heavy (non-hydrogen) atoms. The van der Waals surface area contributed by atoms with E-state index < -0.39 is 17.8 Å². The number of hydrogen-bond donors (Lipinski definition) is 2. The summed E-state index contributed by atoms with van der Waals surface area (Å²) in [4.78, 5) is 23.9. The van der Waals surface area contributed by atoms with Crippen LogP contribution in [0.25, 0.3) is 11.4 Å². The van der Waals surface area contributed by atoms with Gasteiger partial charge >= 0.3 is 6.03 Å². The van der Waals surface area contributed by atoms with E-state index in [0.717, 1.165) is 30.2 Å². The molecule has 7 nitrogen and oxygen atoms in total. The van der Waals surface area contributed by atoms with Crippen LogP contribution in [0.4, 0.5) is 9.18 Å². The molecule has 0 fully saturated rings. The Labute approximate surface area is 184 Å². The molecule has 1 heterocycles. The van der Waals surface area contributed by atoms with Crippen molar-refractivity contribution in [3.8, 4) is 11.4 Å². The lowest BCUT2D eigenvalue weighted by Gasteiger charge is -2.11. The van der Waals surface area contributed by atoms with Gasteiger partial charge in [-0.3, -0.25) is 14.7 Å². The van der Waals surface area contributed by atoms with Crippen molar-refractivity contribution in [3.05, 3.63) is 66.0 Å². The Morgan fingerprint density at radius 1 is 1.06 bits per heavy atom. The molecule has 162 valence electrons. The van der Waals surface area contributed by atoms with E-state index in [0.29, 0.717) is 29.6 Å². The van der Waals surface area contributed by atoms with Gasteiger partial charge in [0.1, 0.15) is 5.82 Å². The van der Waals surface area contributed by atoms with E-state index in [9.17, 15) is 14.0 Å². The third-order valence-corrected chi connectivity index (χ3v) is 5.38. The number of nitrogens with zero attached hydrogens (tertiary/aromatic N) is 3. The number of rotatable bonds is 9. The van der Waals surface area contributed by atoms with Crippen LogP contribution in [0.5, 0.6) is 0 Å². The molecule has 2 aromatic carbocycles. The van der Waals surface area contributed by atoms with Crippen LogP contribution in [0.15, 0.2) is 59.8 Å². The fraction of sp³-hybridized carbons (Fsp3) is 0.273. The molecule has 0 aliphatic heterocycles. The first-order valence-corrected chi connectivity index (χ1v) is 11.0.